The standard InChI is InChI=1S/C25H25F5N6O.C19H18F3N5.C12H12F2N2O4/c1-16-15-35(12-13-36(16)23(37)34-10-7-24(26,27)8-11-34)22-20-14-31-9-6-19(20)21(32-33-22)17-2-4-18(5-3-17)25(28,29)30;1-12-11-27(9-8-24-12)18-16-10-23-7-6-15(16)17(25-26-18)13-2-4-14(5-3-13)19(20,21)22;13-12(14)5-7-15(8-6-12)11(17)20-10-3-1-9(2-4-10)16(18)19/h2-6,9,14,16H,7-8,10-13,15H2,1H3;2-7,10,12,24H,8-9,11H2,1H3;1-4H,5-8H2/t16-;12-;/m00./s1. The third-order valence-corrected chi connectivity index (χ3v) is 14.7. The minimum Gasteiger partial charge on any atom is -0.410 e. The molecule has 4 fully saturated rings. The minimum absolute atomic E-state index is 0.0337. The lowest BCUT2D eigenvalue weighted by atomic mass is 10.0. The van der Waals surface area contributed by atoms with Gasteiger partial charge in [0.1, 0.15) is 17.1 Å². The van der Waals surface area contributed by atoms with Crippen molar-refractivity contribution >= 4 is 51.0 Å². The van der Waals surface area contributed by atoms with Crippen molar-refractivity contribution in [2.75, 3.05) is 75.2 Å². The fourth-order valence-electron chi connectivity index (χ4n) is 10.1. The Morgan fingerprint density at radius 1 is 0.595 bits per heavy atom. The number of anilines is 2. The second-order valence-electron chi connectivity index (χ2n) is 20.6. The van der Waals surface area contributed by atoms with Crippen LogP contribution in [0.2, 0.25) is 0 Å². The highest BCUT2D eigenvalue weighted by Crippen LogP contribution is 2.38. The third-order valence-electron chi connectivity index (χ3n) is 14.7. The van der Waals surface area contributed by atoms with Crippen LogP contribution in [-0.2, 0) is 12.4 Å². The molecule has 0 saturated carbocycles. The molecule has 84 heavy (non-hydrogen) atoms. The van der Waals surface area contributed by atoms with Crippen molar-refractivity contribution in [2.45, 2.75) is 75.8 Å². The molecular formula is C56H55F10N13O5. The highest BCUT2D eigenvalue weighted by Gasteiger charge is 2.40. The number of urea groups is 1. The van der Waals surface area contributed by atoms with E-state index < -0.39 is 46.3 Å². The molecule has 18 nitrogen and oxygen atoms in total. The first-order chi connectivity index (χ1) is 39.8. The molecule has 3 aromatic carbocycles. The Morgan fingerprint density at radius 2 is 1.06 bits per heavy atom. The van der Waals surface area contributed by atoms with Gasteiger partial charge in [0.2, 0.25) is 0 Å². The number of carbonyl (C=O) groups excluding carboxylic acids is 2. The zero-order valence-electron chi connectivity index (χ0n) is 45.1. The third kappa shape index (κ3) is 14.3. The molecule has 4 aliphatic rings. The summed E-state index contributed by atoms with van der Waals surface area (Å²) in [4.78, 5) is 51.6. The van der Waals surface area contributed by atoms with Gasteiger partial charge in [0.25, 0.3) is 17.5 Å². The van der Waals surface area contributed by atoms with Crippen molar-refractivity contribution in [3.8, 4) is 28.3 Å². The van der Waals surface area contributed by atoms with Crippen molar-refractivity contribution in [1.82, 2.24) is 50.4 Å². The van der Waals surface area contributed by atoms with Gasteiger partial charge in [-0.3, -0.25) is 20.1 Å². The molecule has 4 aliphatic heterocycles. The van der Waals surface area contributed by atoms with Gasteiger partial charge in [-0.15, -0.1) is 20.4 Å². The lowest BCUT2D eigenvalue weighted by Gasteiger charge is -2.43. The normalized spacial score (nSPS) is 19.0. The second-order valence-corrected chi connectivity index (χ2v) is 20.6. The number of nitro groups is 1. The molecule has 7 aromatic rings. The van der Waals surface area contributed by atoms with E-state index in [9.17, 15) is 63.6 Å². The van der Waals surface area contributed by atoms with Crippen LogP contribution in [0.5, 0.6) is 5.75 Å². The molecule has 4 saturated heterocycles. The number of hydrogen-bond donors (Lipinski definition) is 1. The highest BCUT2D eigenvalue weighted by atomic mass is 19.4. The van der Waals surface area contributed by atoms with E-state index in [4.69, 9.17) is 4.74 Å². The van der Waals surface area contributed by atoms with Gasteiger partial charge in [0.15, 0.2) is 11.6 Å². The van der Waals surface area contributed by atoms with Crippen LogP contribution in [0.4, 0.5) is 70.8 Å². The number of rotatable bonds is 6. The van der Waals surface area contributed by atoms with Crippen molar-refractivity contribution in [3.05, 3.63) is 131 Å². The molecule has 3 amide bonds. The number of pyridine rings is 2. The Morgan fingerprint density at radius 3 is 1.50 bits per heavy atom. The number of nitrogens with one attached hydrogen (secondary N) is 1. The monoisotopic (exact) mass is 1180 g/mol. The van der Waals surface area contributed by atoms with E-state index in [-0.39, 0.29) is 75.4 Å². The summed E-state index contributed by atoms with van der Waals surface area (Å²) in [5.41, 5.74) is 0.531. The van der Waals surface area contributed by atoms with Gasteiger partial charge in [-0.05, 0) is 62.4 Å². The Kier molecular flexibility index (Phi) is 17.7. The zero-order chi connectivity index (χ0) is 60.1. The molecule has 0 spiro atoms. The lowest BCUT2D eigenvalue weighted by Crippen LogP contribution is -2.58. The minimum atomic E-state index is -4.43. The number of carbonyl (C=O) groups is 2. The van der Waals surface area contributed by atoms with Gasteiger partial charge in [-0.2, -0.15) is 26.3 Å². The molecule has 11 rings (SSSR count). The van der Waals surface area contributed by atoms with E-state index in [2.05, 4.69) is 47.5 Å². The number of amides is 3. The Balaban J connectivity index is 0.000000159. The van der Waals surface area contributed by atoms with Gasteiger partial charge in [-0.25, -0.2) is 27.2 Å². The summed E-state index contributed by atoms with van der Waals surface area (Å²) in [6.07, 6.45) is -4.33. The largest absolute Gasteiger partial charge is 0.416 e. The molecule has 8 heterocycles. The topological polar surface area (TPSA) is 192 Å². The number of fused-ring (bicyclic) bond motifs is 2. The van der Waals surface area contributed by atoms with Gasteiger partial charge < -0.3 is 34.6 Å². The molecule has 28 heteroatoms. The summed E-state index contributed by atoms with van der Waals surface area (Å²) >= 11 is 0. The summed E-state index contributed by atoms with van der Waals surface area (Å²) in [5, 5.41) is 34.4. The molecular weight excluding hydrogens is 1120 g/mol. The van der Waals surface area contributed by atoms with Crippen LogP contribution >= 0.6 is 0 Å². The maximum atomic E-state index is 13.5. The Bertz CT molecular complexity index is 3450. The first kappa shape index (κ1) is 60.0. The van der Waals surface area contributed by atoms with Crippen LogP contribution in [0.25, 0.3) is 44.1 Å². The van der Waals surface area contributed by atoms with E-state index in [1.165, 1.54) is 58.3 Å². The number of piperidine rings is 2. The van der Waals surface area contributed by atoms with Crippen LogP contribution in [0.3, 0.4) is 0 Å². The molecule has 0 bridgehead atoms. The number of non-ortho nitro benzene ring substituents is 1. The van der Waals surface area contributed by atoms with Crippen molar-refractivity contribution < 1.29 is 63.2 Å². The molecule has 444 valence electrons. The zero-order valence-corrected chi connectivity index (χ0v) is 45.1. The average Bonchev–Trinajstić information content (AvgIpc) is 3.44. The number of hydrogen-bond acceptors (Lipinski definition) is 14. The number of ether oxygens (including phenoxy) is 1. The number of benzene rings is 3. The highest BCUT2D eigenvalue weighted by molar-refractivity contribution is 6.01. The van der Waals surface area contributed by atoms with Gasteiger partial charge in [0, 0.05) is 173 Å². The van der Waals surface area contributed by atoms with E-state index >= 15 is 0 Å². The Labute approximate surface area is 473 Å². The number of aromatic nitrogens is 6. The summed E-state index contributed by atoms with van der Waals surface area (Å²) < 4.78 is 135. The second kappa shape index (κ2) is 24.7. The summed E-state index contributed by atoms with van der Waals surface area (Å²) in [6, 6.07) is 18.2. The number of piperazine rings is 2. The summed E-state index contributed by atoms with van der Waals surface area (Å²) in [6.45, 7) is 7.69. The van der Waals surface area contributed by atoms with Crippen molar-refractivity contribution in [1.29, 1.82) is 0 Å². The number of nitro benzene ring substituents is 1. The molecule has 0 radical (unpaired) electrons. The van der Waals surface area contributed by atoms with E-state index in [0.29, 0.717) is 64.8 Å². The van der Waals surface area contributed by atoms with Crippen molar-refractivity contribution in [2.24, 2.45) is 0 Å². The molecule has 0 unspecified atom stereocenters. The van der Waals surface area contributed by atoms with Crippen LogP contribution < -0.4 is 19.9 Å². The molecule has 0 aliphatic carbocycles. The van der Waals surface area contributed by atoms with E-state index in [0.717, 1.165) is 60.5 Å². The lowest BCUT2D eigenvalue weighted by molar-refractivity contribution is -0.384. The predicted octanol–water partition coefficient (Wildman–Crippen LogP) is 11.4. The first-order valence-electron chi connectivity index (χ1n) is 26.7. The Hall–Kier alpha value is -8.56. The van der Waals surface area contributed by atoms with E-state index in [1.54, 1.807) is 35.8 Å². The van der Waals surface area contributed by atoms with Crippen LogP contribution in [0.1, 0.15) is 50.7 Å². The van der Waals surface area contributed by atoms with Crippen LogP contribution in [0, 0.1) is 10.1 Å². The predicted molar refractivity (Wildman–Crippen MR) is 290 cm³/mol. The fourth-order valence-corrected chi connectivity index (χ4v) is 10.1. The fraction of sp³-hybridized carbons (Fsp3) is 0.393. The average molecular weight is 1180 g/mol. The molecule has 2 atom stereocenters. The van der Waals surface area contributed by atoms with Crippen molar-refractivity contribution in [3.63, 3.8) is 0 Å². The summed E-state index contributed by atoms with van der Waals surface area (Å²) in [7, 11) is 0. The number of nitrogens with zero attached hydrogens (tertiary/aromatic N) is 12. The molecule has 4 aromatic heterocycles. The quantitative estimate of drug-likeness (QED) is 0.0939. The number of halogens is 10. The smallest absolute Gasteiger partial charge is 0.410 e. The van der Waals surface area contributed by atoms with Crippen LogP contribution in [0.15, 0.2) is 110 Å². The summed E-state index contributed by atoms with van der Waals surface area (Å²) in [5.74, 6) is -4.00. The van der Waals surface area contributed by atoms with E-state index in [1.807, 2.05) is 17.9 Å². The SMILES string of the molecule is C[C@H]1CN(c2nnc(-c3ccc(C(F)(F)F)cc3)c3ccncc23)CCN1.C[C@H]1CN(c2nnc(-c3ccc(C(F)(F)F)cc3)c3ccncc23)CCN1C(=O)N1CCC(F)(F)CC1.O=C(Oc1ccc([N+](=O)[O-])cc1)N1CCC(F)(F)CC1. The number of alkyl halides is 10. The first-order valence-corrected chi connectivity index (χ1v) is 26.7. The number of likely N-dealkylation sites (tertiary alicyclic amines) is 2. The van der Waals surface area contributed by atoms with Gasteiger partial charge in [0.05, 0.1) is 16.1 Å². The maximum absolute atomic E-state index is 13.5. The van der Waals surface area contributed by atoms with Gasteiger partial charge in [-0.1, -0.05) is 24.3 Å². The maximum Gasteiger partial charge on any atom is 0.416 e. The van der Waals surface area contributed by atoms with Gasteiger partial charge >= 0.3 is 24.5 Å². The molecule has 1 N–H and O–H groups in total. The van der Waals surface area contributed by atoms with Crippen LogP contribution in [-0.4, -0.2) is 151 Å².